The first kappa shape index (κ1) is 19.5. The number of carbonyl (C=O) groups is 2. The summed E-state index contributed by atoms with van der Waals surface area (Å²) in [5, 5.41) is 12.4. The number of nitrogens with one attached hydrogen (secondary N) is 1. The van der Waals surface area contributed by atoms with Crippen LogP contribution in [0.5, 0.6) is 0 Å². The molecular weight excluding hydrogens is 320 g/mol. The van der Waals surface area contributed by atoms with Gasteiger partial charge in [-0.05, 0) is 19.3 Å². The highest BCUT2D eigenvalue weighted by molar-refractivity contribution is 5.82. The van der Waals surface area contributed by atoms with Crippen LogP contribution in [0.4, 0.5) is 4.79 Å². The summed E-state index contributed by atoms with van der Waals surface area (Å²) in [4.78, 5) is 25.8. The Bertz CT molecular complexity index is 503. The molecule has 0 aromatic heterocycles. The van der Waals surface area contributed by atoms with E-state index in [1.54, 1.807) is 11.8 Å². The summed E-state index contributed by atoms with van der Waals surface area (Å²) in [5.41, 5.74) is 5.15. The third-order valence-electron chi connectivity index (χ3n) is 5.37. The minimum Gasteiger partial charge on any atom is -0.450 e. The van der Waals surface area contributed by atoms with Crippen LogP contribution in [0.2, 0.25) is 0 Å². The number of rotatable bonds is 5. The molecule has 25 heavy (non-hydrogen) atoms. The van der Waals surface area contributed by atoms with Gasteiger partial charge in [0.05, 0.1) is 18.7 Å². The van der Waals surface area contributed by atoms with E-state index in [-0.39, 0.29) is 12.0 Å². The highest BCUT2D eigenvalue weighted by Gasteiger charge is 2.39. The molecule has 1 saturated carbocycles. The van der Waals surface area contributed by atoms with Gasteiger partial charge >= 0.3 is 6.09 Å². The smallest absolute Gasteiger partial charge is 0.409 e. The summed E-state index contributed by atoms with van der Waals surface area (Å²) in [7, 11) is 0. The van der Waals surface area contributed by atoms with Crippen molar-refractivity contribution in [2.75, 3.05) is 19.7 Å². The average molecular weight is 350 g/mol. The lowest BCUT2D eigenvalue weighted by Crippen LogP contribution is -2.58. The van der Waals surface area contributed by atoms with Gasteiger partial charge in [0.1, 0.15) is 5.54 Å². The molecule has 0 aromatic carbocycles. The molecule has 0 radical (unpaired) electrons. The first-order valence-corrected chi connectivity index (χ1v) is 9.40. The Balaban J connectivity index is 1.85. The Morgan fingerprint density at radius 1 is 1.32 bits per heavy atom. The number of carbonyl (C=O) groups excluding carboxylic acids is 2. The highest BCUT2D eigenvalue weighted by Crippen LogP contribution is 2.27. The lowest BCUT2D eigenvalue weighted by molar-refractivity contribution is -0.124. The summed E-state index contributed by atoms with van der Waals surface area (Å²) in [6, 6.07) is 1.66. The van der Waals surface area contributed by atoms with Crippen LogP contribution >= 0.6 is 0 Å². The second-order valence-corrected chi connectivity index (χ2v) is 7.22. The van der Waals surface area contributed by atoms with E-state index >= 15 is 0 Å². The van der Waals surface area contributed by atoms with E-state index in [0.29, 0.717) is 44.9 Å². The lowest BCUT2D eigenvalue weighted by atomic mass is 9.84. The molecule has 1 heterocycles. The van der Waals surface area contributed by atoms with E-state index in [1.807, 2.05) is 0 Å². The van der Waals surface area contributed by atoms with E-state index in [0.717, 1.165) is 12.8 Å². The predicted octanol–water partition coefficient (Wildman–Crippen LogP) is 1.91. The van der Waals surface area contributed by atoms with E-state index in [4.69, 9.17) is 10.5 Å². The Kier molecular flexibility index (Phi) is 7.06. The first-order valence-electron chi connectivity index (χ1n) is 9.40. The number of nitrogens with zero attached hydrogens (tertiary/aromatic N) is 2. The number of hydrogen-bond donors (Lipinski definition) is 2. The molecule has 2 amide bonds. The molecule has 2 fully saturated rings. The van der Waals surface area contributed by atoms with Crippen LogP contribution in [0.25, 0.3) is 0 Å². The number of likely N-dealkylation sites (tertiary alicyclic amines) is 1. The van der Waals surface area contributed by atoms with Gasteiger partial charge in [-0.1, -0.05) is 32.1 Å². The molecule has 2 aliphatic rings. The van der Waals surface area contributed by atoms with E-state index in [1.165, 1.54) is 19.3 Å². The van der Waals surface area contributed by atoms with Gasteiger partial charge in [0, 0.05) is 25.9 Å². The Hall–Kier alpha value is -1.81. The SMILES string of the molecule is CCOC(=O)N1CCC(C#N)(NC(=O)C(N)CC2CCCCC2)CC1. The van der Waals surface area contributed by atoms with Crippen molar-refractivity contribution in [2.45, 2.75) is 69.9 Å². The van der Waals surface area contributed by atoms with E-state index in [9.17, 15) is 14.9 Å². The van der Waals surface area contributed by atoms with Crippen molar-refractivity contribution >= 4 is 12.0 Å². The molecule has 3 N–H and O–H groups in total. The molecule has 7 heteroatoms. The molecule has 1 atom stereocenters. The molecule has 0 spiro atoms. The minimum atomic E-state index is -0.940. The van der Waals surface area contributed by atoms with E-state index < -0.39 is 11.6 Å². The Labute approximate surface area is 149 Å². The fraction of sp³-hybridized carbons (Fsp3) is 0.833. The van der Waals surface area contributed by atoms with Gasteiger partial charge in [-0.2, -0.15) is 5.26 Å². The molecule has 1 aliphatic heterocycles. The summed E-state index contributed by atoms with van der Waals surface area (Å²) in [6.45, 7) is 2.87. The highest BCUT2D eigenvalue weighted by atomic mass is 16.6. The molecule has 7 nitrogen and oxygen atoms in total. The molecule has 0 aromatic rings. The largest absolute Gasteiger partial charge is 0.450 e. The molecule has 140 valence electrons. The lowest BCUT2D eigenvalue weighted by Gasteiger charge is -2.37. The number of amides is 2. The zero-order valence-corrected chi connectivity index (χ0v) is 15.1. The first-order chi connectivity index (χ1) is 12.0. The third kappa shape index (κ3) is 5.33. The average Bonchev–Trinajstić information content (AvgIpc) is 2.63. The number of nitriles is 1. The monoisotopic (exact) mass is 350 g/mol. The van der Waals surface area contributed by atoms with Gasteiger partial charge in [-0.25, -0.2) is 4.79 Å². The molecule has 1 aliphatic carbocycles. The van der Waals surface area contributed by atoms with Crippen LogP contribution in [0, 0.1) is 17.2 Å². The van der Waals surface area contributed by atoms with Crippen molar-refractivity contribution in [3.05, 3.63) is 0 Å². The second-order valence-electron chi connectivity index (χ2n) is 7.22. The molecule has 2 rings (SSSR count). The summed E-state index contributed by atoms with van der Waals surface area (Å²) in [5.74, 6) is 0.259. The number of nitrogens with two attached hydrogens (primary N) is 1. The van der Waals surface area contributed by atoms with Crippen molar-refractivity contribution in [3.8, 4) is 6.07 Å². The van der Waals surface area contributed by atoms with E-state index in [2.05, 4.69) is 11.4 Å². The van der Waals surface area contributed by atoms with Crippen molar-refractivity contribution in [3.63, 3.8) is 0 Å². The molecule has 1 saturated heterocycles. The quantitative estimate of drug-likeness (QED) is 0.787. The zero-order valence-electron chi connectivity index (χ0n) is 15.1. The third-order valence-corrected chi connectivity index (χ3v) is 5.37. The topological polar surface area (TPSA) is 108 Å². The summed E-state index contributed by atoms with van der Waals surface area (Å²) in [6.07, 6.45) is 7.07. The standard InChI is InChI=1S/C18H30N4O3/c1-2-25-17(24)22-10-8-18(13-19,9-11-22)21-16(23)15(20)12-14-6-4-3-5-7-14/h14-15H,2-12,20H2,1H3,(H,21,23). The maximum absolute atomic E-state index is 12.5. The zero-order chi connectivity index (χ0) is 18.3. The van der Waals surface area contributed by atoms with Crippen molar-refractivity contribution < 1.29 is 14.3 Å². The van der Waals surface area contributed by atoms with Gasteiger partial charge in [-0.15, -0.1) is 0 Å². The molecule has 1 unspecified atom stereocenters. The summed E-state index contributed by atoms with van der Waals surface area (Å²) < 4.78 is 4.98. The molecule has 0 bridgehead atoms. The normalized spacial score (nSPS) is 21.9. The Morgan fingerprint density at radius 2 is 1.96 bits per heavy atom. The fourth-order valence-electron chi connectivity index (χ4n) is 3.77. The van der Waals surface area contributed by atoms with Crippen molar-refractivity contribution in [2.24, 2.45) is 11.7 Å². The minimum absolute atomic E-state index is 0.253. The number of ether oxygens (including phenoxy) is 1. The maximum Gasteiger partial charge on any atom is 0.409 e. The number of hydrogen-bond acceptors (Lipinski definition) is 5. The van der Waals surface area contributed by atoms with Gasteiger partial charge in [-0.3, -0.25) is 4.79 Å². The molecular formula is C18H30N4O3. The van der Waals surface area contributed by atoms with Gasteiger partial charge < -0.3 is 20.7 Å². The number of piperidine rings is 1. The van der Waals surface area contributed by atoms with Crippen molar-refractivity contribution in [1.82, 2.24) is 10.2 Å². The predicted molar refractivity (Wildman–Crippen MR) is 93.5 cm³/mol. The van der Waals surface area contributed by atoms with Gasteiger partial charge in [0.2, 0.25) is 5.91 Å². The summed E-state index contributed by atoms with van der Waals surface area (Å²) >= 11 is 0. The van der Waals surface area contributed by atoms with Crippen LogP contribution in [0.3, 0.4) is 0 Å². The van der Waals surface area contributed by atoms with Gasteiger partial charge in [0.15, 0.2) is 0 Å². The second kappa shape index (κ2) is 9.04. The Morgan fingerprint density at radius 3 is 2.52 bits per heavy atom. The maximum atomic E-state index is 12.5. The van der Waals surface area contributed by atoms with Crippen LogP contribution < -0.4 is 11.1 Å². The fourth-order valence-corrected chi connectivity index (χ4v) is 3.77. The van der Waals surface area contributed by atoms with Crippen LogP contribution in [0.15, 0.2) is 0 Å². The van der Waals surface area contributed by atoms with Gasteiger partial charge in [0.25, 0.3) is 0 Å². The van der Waals surface area contributed by atoms with Crippen LogP contribution in [0.1, 0.15) is 58.3 Å². The van der Waals surface area contributed by atoms with Crippen LogP contribution in [-0.4, -0.2) is 48.2 Å². The van der Waals surface area contributed by atoms with Crippen molar-refractivity contribution in [1.29, 1.82) is 5.26 Å². The van der Waals surface area contributed by atoms with Crippen LogP contribution in [-0.2, 0) is 9.53 Å².